The molecule has 6 heteroatoms. The van der Waals surface area contributed by atoms with Crippen molar-refractivity contribution in [2.75, 3.05) is 0 Å². The monoisotopic (exact) mass is 710 g/mol. The Kier molecular flexibility index (Phi) is 12.2. The van der Waals surface area contributed by atoms with Crippen molar-refractivity contribution in [2.45, 2.75) is 78.1 Å². The molecule has 6 heterocycles. The topological polar surface area (TPSA) is 0 Å². The van der Waals surface area contributed by atoms with Crippen LogP contribution in [0.3, 0.4) is 0 Å². The number of thiophene rings is 6. The molecule has 0 aliphatic heterocycles. The van der Waals surface area contributed by atoms with Crippen LogP contribution in [-0.4, -0.2) is 0 Å². The molecule has 0 aromatic carbocycles. The first-order chi connectivity index (χ1) is 22.7. The van der Waals surface area contributed by atoms with Gasteiger partial charge in [0.25, 0.3) is 0 Å². The van der Waals surface area contributed by atoms with Crippen molar-refractivity contribution in [3.63, 3.8) is 0 Å². The predicted octanol–water partition coefficient (Wildman–Crippen LogP) is 14.1. The lowest BCUT2D eigenvalue weighted by atomic mass is 10.1. The highest BCUT2D eigenvalue weighted by molar-refractivity contribution is 7.28. The summed E-state index contributed by atoms with van der Waals surface area (Å²) < 4.78 is 0. The molecule has 0 radical (unpaired) electrons. The molecule has 0 saturated heterocycles. The second kappa shape index (κ2) is 16.9. The van der Waals surface area contributed by atoms with Gasteiger partial charge in [0.1, 0.15) is 0 Å². The number of rotatable bonds is 13. The van der Waals surface area contributed by atoms with Crippen molar-refractivity contribution in [1.82, 2.24) is 0 Å². The number of hydrogen-bond donors (Lipinski definition) is 0. The molecular formula is C40H38S6. The molecule has 46 heavy (non-hydrogen) atoms. The Bertz CT molecular complexity index is 1810. The van der Waals surface area contributed by atoms with Gasteiger partial charge >= 0.3 is 0 Å². The fourth-order valence-electron chi connectivity index (χ4n) is 5.14. The summed E-state index contributed by atoms with van der Waals surface area (Å²) in [6.07, 6.45) is 12.8. The summed E-state index contributed by atoms with van der Waals surface area (Å²) >= 11 is 11.0. The summed E-state index contributed by atoms with van der Waals surface area (Å²) in [6.45, 7) is 4.53. The molecule has 0 fully saturated rings. The average Bonchev–Trinajstić information content (AvgIpc) is 3.91. The molecule has 234 valence electrons. The van der Waals surface area contributed by atoms with Crippen molar-refractivity contribution in [2.24, 2.45) is 0 Å². The molecule has 0 spiro atoms. The van der Waals surface area contributed by atoms with Gasteiger partial charge < -0.3 is 0 Å². The normalized spacial score (nSPS) is 10.9. The van der Waals surface area contributed by atoms with Gasteiger partial charge in [0, 0.05) is 39.0 Å². The van der Waals surface area contributed by atoms with Gasteiger partial charge in [-0.3, -0.25) is 0 Å². The Balaban J connectivity index is 1.05. The maximum atomic E-state index is 3.41. The van der Waals surface area contributed by atoms with Crippen LogP contribution in [0.1, 0.15) is 94.5 Å². The molecule has 0 atom stereocenters. The summed E-state index contributed by atoms with van der Waals surface area (Å²) in [5.74, 6) is 13.6. The standard InChI is InChI=1S/C40H38S6/c1-3-5-7-9-11-29-13-15-31(41-29)17-19-33-21-23-35(43-33)37-25-27-39(45-37)40-28-26-38(46-40)36-24-22-34(44-36)20-18-32-16-14-30(42-32)12-10-8-6-4-2/h13-16,21-28H,3-12H2,1-2H3. The molecule has 0 saturated carbocycles. The van der Waals surface area contributed by atoms with E-state index < -0.39 is 0 Å². The molecule has 6 aromatic rings. The van der Waals surface area contributed by atoms with Gasteiger partial charge in [-0.05, 0) is 122 Å². The van der Waals surface area contributed by atoms with E-state index in [1.807, 2.05) is 45.3 Å². The zero-order valence-electron chi connectivity index (χ0n) is 26.4. The molecule has 0 bridgehead atoms. The lowest BCUT2D eigenvalue weighted by Crippen LogP contribution is -1.80. The third-order valence-electron chi connectivity index (χ3n) is 7.65. The SMILES string of the molecule is CCCCCCc1ccc(C#Cc2ccc(-c3ccc(-c4ccc(-c5ccc(C#Cc6ccc(CCCCCC)s6)s5)s4)s3)s2)s1. The minimum Gasteiger partial charge on any atom is -0.134 e. The van der Waals surface area contributed by atoms with Gasteiger partial charge in [0.2, 0.25) is 0 Å². The average molecular weight is 711 g/mol. The smallest absolute Gasteiger partial charge is 0.0779 e. The van der Waals surface area contributed by atoms with Crippen LogP contribution in [0.15, 0.2) is 72.8 Å². The zero-order valence-corrected chi connectivity index (χ0v) is 31.3. The van der Waals surface area contributed by atoms with Crippen LogP contribution in [0.5, 0.6) is 0 Å². The van der Waals surface area contributed by atoms with Crippen LogP contribution in [0.4, 0.5) is 0 Å². The molecule has 0 aliphatic rings. The van der Waals surface area contributed by atoms with Crippen molar-refractivity contribution < 1.29 is 0 Å². The van der Waals surface area contributed by atoms with E-state index in [0.717, 1.165) is 9.75 Å². The first-order valence-electron chi connectivity index (χ1n) is 16.3. The molecule has 0 N–H and O–H groups in total. The van der Waals surface area contributed by atoms with Crippen molar-refractivity contribution in [3.05, 3.63) is 102 Å². The highest BCUT2D eigenvalue weighted by atomic mass is 32.1. The fraction of sp³-hybridized carbons (Fsp3) is 0.300. The Hall–Kier alpha value is -2.68. The van der Waals surface area contributed by atoms with Crippen molar-refractivity contribution in [1.29, 1.82) is 0 Å². The minimum absolute atomic E-state index is 1.12. The highest BCUT2D eigenvalue weighted by Crippen LogP contribution is 2.43. The van der Waals surface area contributed by atoms with E-state index in [2.05, 4.69) is 110 Å². The fourth-order valence-corrected chi connectivity index (χ4v) is 10.9. The molecule has 6 aromatic heterocycles. The van der Waals surface area contributed by atoms with Gasteiger partial charge in [0.05, 0.1) is 19.5 Å². The summed E-state index contributed by atoms with van der Waals surface area (Å²) in [5.41, 5.74) is 0. The third kappa shape index (κ3) is 9.23. The Morgan fingerprint density at radius 1 is 0.348 bits per heavy atom. The van der Waals surface area contributed by atoms with Gasteiger partial charge in [-0.25, -0.2) is 0 Å². The largest absolute Gasteiger partial charge is 0.134 e. The molecule has 0 amide bonds. The first-order valence-corrected chi connectivity index (χ1v) is 21.2. The van der Waals surface area contributed by atoms with E-state index in [0.29, 0.717) is 0 Å². The molecule has 0 aliphatic carbocycles. The minimum atomic E-state index is 1.12. The predicted molar refractivity (Wildman–Crippen MR) is 211 cm³/mol. The molecule has 6 rings (SSSR count). The number of hydrogen-bond acceptors (Lipinski definition) is 6. The number of aryl methyl sites for hydroxylation is 2. The lowest BCUT2D eigenvalue weighted by molar-refractivity contribution is 0.670. The van der Waals surface area contributed by atoms with Crippen LogP contribution >= 0.6 is 68.0 Å². The summed E-state index contributed by atoms with van der Waals surface area (Å²) in [7, 11) is 0. The summed E-state index contributed by atoms with van der Waals surface area (Å²) in [4.78, 5) is 15.3. The van der Waals surface area contributed by atoms with E-state index in [4.69, 9.17) is 0 Å². The third-order valence-corrected chi connectivity index (χ3v) is 14.5. The van der Waals surface area contributed by atoms with Gasteiger partial charge in [-0.15, -0.1) is 68.0 Å². The Morgan fingerprint density at radius 3 is 1.07 bits per heavy atom. The van der Waals surface area contributed by atoms with Crippen molar-refractivity contribution in [3.8, 4) is 52.9 Å². The van der Waals surface area contributed by atoms with E-state index in [1.165, 1.54) is 113 Å². The highest BCUT2D eigenvalue weighted by Gasteiger charge is 2.11. The number of unbranched alkanes of at least 4 members (excludes halogenated alkanes) is 6. The summed E-state index contributed by atoms with van der Waals surface area (Å²) in [5, 5.41) is 0. The van der Waals surface area contributed by atoms with E-state index >= 15 is 0 Å². The van der Waals surface area contributed by atoms with E-state index in [9.17, 15) is 0 Å². The molecular weight excluding hydrogens is 673 g/mol. The van der Waals surface area contributed by atoms with Crippen LogP contribution in [0.25, 0.3) is 29.3 Å². The van der Waals surface area contributed by atoms with E-state index in [1.54, 1.807) is 22.7 Å². The Morgan fingerprint density at radius 2 is 0.674 bits per heavy atom. The van der Waals surface area contributed by atoms with Crippen LogP contribution in [0, 0.1) is 23.7 Å². The second-order valence-electron chi connectivity index (χ2n) is 11.3. The quantitative estimate of drug-likeness (QED) is 0.0827. The lowest BCUT2D eigenvalue weighted by Gasteiger charge is -1.96. The van der Waals surface area contributed by atoms with Gasteiger partial charge in [-0.1, -0.05) is 52.4 Å². The maximum Gasteiger partial charge on any atom is 0.0779 e. The van der Waals surface area contributed by atoms with Crippen LogP contribution < -0.4 is 0 Å². The van der Waals surface area contributed by atoms with Crippen LogP contribution in [0.2, 0.25) is 0 Å². The second-order valence-corrected chi connectivity index (χ2v) is 18.0. The molecule has 0 unspecified atom stereocenters. The van der Waals surface area contributed by atoms with E-state index in [-0.39, 0.29) is 0 Å². The van der Waals surface area contributed by atoms with Crippen molar-refractivity contribution >= 4 is 68.0 Å². The zero-order chi connectivity index (χ0) is 31.6. The van der Waals surface area contributed by atoms with Gasteiger partial charge in [0.15, 0.2) is 0 Å². The Labute approximate surface area is 298 Å². The van der Waals surface area contributed by atoms with Gasteiger partial charge in [-0.2, -0.15) is 0 Å². The first kappa shape index (κ1) is 33.2. The maximum absolute atomic E-state index is 3.41. The van der Waals surface area contributed by atoms with Crippen LogP contribution in [-0.2, 0) is 12.8 Å². The summed E-state index contributed by atoms with van der Waals surface area (Å²) in [6, 6.07) is 26.7. The molecule has 0 nitrogen and oxygen atoms in total.